The zero-order chi connectivity index (χ0) is 18.6. The van der Waals surface area contributed by atoms with E-state index < -0.39 is 51.7 Å². The van der Waals surface area contributed by atoms with Crippen LogP contribution in [0.25, 0.3) is 0 Å². The van der Waals surface area contributed by atoms with Crippen LogP contribution in [0, 0.1) is 6.92 Å². The molecule has 10 nitrogen and oxygen atoms in total. The molecule has 1 aromatic rings. The lowest BCUT2D eigenvalue weighted by atomic mass is 10.1. The van der Waals surface area contributed by atoms with Gasteiger partial charge < -0.3 is 14.2 Å². The standard InChI is InChI=1S/C14H20N2O8S/c1-7-5-16(13(18)15-11(7)17)12-10(24-25(4,19)20)9-8(22-12)6-21-14(2,3)23-9/h5,8-10,12H,6H2,1-4H3,(H,15,17,18)/t8-,9+,10-,12-/m1/s1. The van der Waals surface area contributed by atoms with Crippen LogP contribution in [-0.4, -0.2) is 54.9 Å². The molecule has 2 aliphatic rings. The quantitative estimate of drug-likeness (QED) is 0.682. The minimum atomic E-state index is -3.86. The van der Waals surface area contributed by atoms with Gasteiger partial charge in [-0.05, 0) is 20.8 Å². The van der Waals surface area contributed by atoms with Crippen molar-refractivity contribution >= 4 is 10.1 Å². The lowest BCUT2D eigenvalue weighted by Gasteiger charge is -2.38. The van der Waals surface area contributed by atoms with Gasteiger partial charge in [-0.15, -0.1) is 0 Å². The van der Waals surface area contributed by atoms with Crippen LogP contribution in [0.15, 0.2) is 15.8 Å². The predicted molar refractivity (Wildman–Crippen MR) is 84.6 cm³/mol. The maximum atomic E-state index is 12.2. The van der Waals surface area contributed by atoms with Crippen LogP contribution in [-0.2, 0) is 28.5 Å². The Morgan fingerprint density at radius 1 is 1.36 bits per heavy atom. The SMILES string of the molecule is Cc1cn([C@@H]2O[C@@H]3COC(C)(C)O[C@@H]3[C@H]2OS(C)(=O)=O)c(=O)[nH]c1=O. The summed E-state index contributed by atoms with van der Waals surface area (Å²) >= 11 is 0. The average Bonchev–Trinajstić information content (AvgIpc) is 2.78. The van der Waals surface area contributed by atoms with Gasteiger partial charge >= 0.3 is 5.69 Å². The molecule has 0 aromatic carbocycles. The Hall–Kier alpha value is -1.53. The van der Waals surface area contributed by atoms with Gasteiger partial charge in [-0.2, -0.15) is 8.42 Å². The van der Waals surface area contributed by atoms with Crippen LogP contribution in [0.2, 0.25) is 0 Å². The highest BCUT2D eigenvalue weighted by atomic mass is 32.2. The van der Waals surface area contributed by atoms with E-state index in [2.05, 4.69) is 4.98 Å². The summed E-state index contributed by atoms with van der Waals surface area (Å²) < 4.78 is 46.7. The van der Waals surface area contributed by atoms with E-state index in [0.717, 1.165) is 10.8 Å². The normalized spacial score (nSPS) is 31.7. The number of aryl methyl sites for hydroxylation is 1. The number of H-pyrrole nitrogens is 1. The Morgan fingerprint density at radius 3 is 2.68 bits per heavy atom. The highest BCUT2D eigenvalue weighted by Crippen LogP contribution is 2.39. The monoisotopic (exact) mass is 376 g/mol. The molecule has 2 saturated heterocycles. The fourth-order valence-corrected chi connectivity index (χ4v) is 3.54. The molecule has 11 heteroatoms. The van der Waals surface area contributed by atoms with Gasteiger partial charge in [0.25, 0.3) is 15.7 Å². The molecule has 2 fully saturated rings. The predicted octanol–water partition coefficient (Wildman–Crippen LogP) is -0.761. The van der Waals surface area contributed by atoms with E-state index in [1.54, 1.807) is 13.8 Å². The van der Waals surface area contributed by atoms with E-state index in [0.29, 0.717) is 0 Å². The van der Waals surface area contributed by atoms with Crippen LogP contribution in [0.1, 0.15) is 25.6 Å². The maximum absolute atomic E-state index is 12.2. The van der Waals surface area contributed by atoms with E-state index in [1.807, 2.05) is 0 Å². The van der Waals surface area contributed by atoms with Crippen molar-refractivity contribution in [1.82, 2.24) is 9.55 Å². The van der Waals surface area contributed by atoms with Crippen LogP contribution < -0.4 is 11.2 Å². The minimum absolute atomic E-state index is 0.148. The first-order chi connectivity index (χ1) is 11.5. The van der Waals surface area contributed by atoms with Crippen molar-refractivity contribution in [1.29, 1.82) is 0 Å². The van der Waals surface area contributed by atoms with Crippen molar-refractivity contribution in [3.05, 3.63) is 32.6 Å². The average molecular weight is 376 g/mol. The topological polar surface area (TPSA) is 126 Å². The fourth-order valence-electron chi connectivity index (χ4n) is 2.93. The molecule has 140 valence electrons. The van der Waals surface area contributed by atoms with Crippen LogP contribution in [0.5, 0.6) is 0 Å². The number of ether oxygens (including phenoxy) is 3. The van der Waals surface area contributed by atoms with E-state index >= 15 is 0 Å². The van der Waals surface area contributed by atoms with Gasteiger partial charge in [0.2, 0.25) is 0 Å². The number of fused-ring (bicyclic) bond motifs is 1. The maximum Gasteiger partial charge on any atom is 0.330 e. The highest BCUT2D eigenvalue weighted by molar-refractivity contribution is 7.86. The number of rotatable bonds is 3. The van der Waals surface area contributed by atoms with Crippen LogP contribution >= 0.6 is 0 Å². The third-order valence-electron chi connectivity index (χ3n) is 4.01. The second-order valence-electron chi connectivity index (χ2n) is 6.60. The van der Waals surface area contributed by atoms with Crippen molar-refractivity contribution in [3.8, 4) is 0 Å². The zero-order valence-electron chi connectivity index (χ0n) is 14.2. The van der Waals surface area contributed by atoms with Crippen molar-refractivity contribution < 1.29 is 26.8 Å². The Kier molecular flexibility index (Phi) is 4.40. The molecule has 3 rings (SSSR count). The Morgan fingerprint density at radius 2 is 2.04 bits per heavy atom. The van der Waals surface area contributed by atoms with Crippen molar-refractivity contribution in [3.63, 3.8) is 0 Å². The van der Waals surface area contributed by atoms with Gasteiger partial charge in [0.1, 0.15) is 12.2 Å². The summed E-state index contributed by atoms with van der Waals surface area (Å²) in [5.74, 6) is -0.954. The number of hydrogen-bond acceptors (Lipinski definition) is 8. The second kappa shape index (κ2) is 6.02. The molecule has 2 aliphatic heterocycles. The van der Waals surface area contributed by atoms with E-state index in [-0.39, 0.29) is 12.2 Å². The smallest absolute Gasteiger partial charge is 0.330 e. The molecule has 0 amide bonds. The van der Waals surface area contributed by atoms with Crippen molar-refractivity contribution in [2.24, 2.45) is 0 Å². The van der Waals surface area contributed by atoms with Crippen LogP contribution in [0.4, 0.5) is 0 Å². The molecule has 0 radical (unpaired) electrons. The van der Waals surface area contributed by atoms with Gasteiger partial charge in [-0.1, -0.05) is 0 Å². The molecule has 0 saturated carbocycles. The molecule has 1 N–H and O–H groups in total. The van der Waals surface area contributed by atoms with Crippen LogP contribution in [0.3, 0.4) is 0 Å². The first kappa shape index (κ1) is 18.3. The molecule has 1 aromatic heterocycles. The molecule has 4 atom stereocenters. The number of nitrogens with zero attached hydrogens (tertiary/aromatic N) is 1. The van der Waals surface area contributed by atoms with E-state index in [4.69, 9.17) is 18.4 Å². The molecular weight excluding hydrogens is 356 g/mol. The van der Waals surface area contributed by atoms with Crippen molar-refractivity contribution in [2.75, 3.05) is 12.9 Å². The fraction of sp³-hybridized carbons (Fsp3) is 0.714. The first-order valence-corrected chi connectivity index (χ1v) is 9.46. The summed E-state index contributed by atoms with van der Waals surface area (Å²) in [6.07, 6.45) is -1.38. The number of aromatic nitrogens is 2. The second-order valence-corrected chi connectivity index (χ2v) is 8.20. The summed E-state index contributed by atoms with van der Waals surface area (Å²) in [5.41, 5.74) is -0.992. The lowest BCUT2D eigenvalue weighted by molar-refractivity contribution is -0.299. The molecule has 0 spiro atoms. The highest BCUT2D eigenvalue weighted by Gasteiger charge is 2.54. The largest absolute Gasteiger partial charge is 0.348 e. The minimum Gasteiger partial charge on any atom is -0.348 e. The summed E-state index contributed by atoms with van der Waals surface area (Å²) in [6.45, 7) is 5.04. The zero-order valence-corrected chi connectivity index (χ0v) is 15.0. The first-order valence-electron chi connectivity index (χ1n) is 7.64. The number of aromatic amines is 1. The van der Waals surface area contributed by atoms with Gasteiger partial charge in [-0.25, -0.2) is 4.79 Å². The number of nitrogens with one attached hydrogen (secondary N) is 1. The third kappa shape index (κ3) is 3.70. The van der Waals surface area contributed by atoms with Gasteiger partial charge in [0.05, 0.1) is 12.9 Å². The molecule has 3 heterocycles. The molecule has 0 bridgehead atoms. The van der Waals surface area contributed by atoms with Gasteiger partial charge in [0.15, 0.2) is 18.1 Å². The Bertz CT molecular complexity index is 887. The van der Waals surface area contributed by atoms with Crippen molar-refractivity contribution in [2.45, 2.75) is 51.1 Å². The third-order valence-corrected chi connectivity index (χ3v) is 4.58. The van der Waals surface area contributed by atoms with Gasteiger partial charge in [-0.3, -0.25) is 18.5 Å². The lowest BCUT2D eigenvalue weighted by Crippen LogP contribution is -2.51. The van der Waals surface area contributed by atoms with E-state index in [9.17, 15) is 18.0 Å². The molecular formula is C14H20N2O8S. The molecule has 0 unspecified atom stereocenters. The summed E-state index contributed by atoms with van der Waals surface area (Å²) in [6, 6.07) is 0. The molecule has 25 heavy (non-hydrogen) atoms. The summed E-state index contributed by atoms with van der Waals surface area (Å²) in [5, 5.41) is 0. The number of hydrogen-bond donors (Lipinski definition) is 1. The molecule has 0 aliphatic carbocycles. The summed E-state index contributed by atoms with van der Waals surface area (Å²) in [4.78, 5) is 25.9. The van der Waals surface area contributed by atoms with E-state index in [1.165, 1.54) is 13.1 Å². The van der Waals surface area contributed by atoms with Gasteiger partial charge in [0, 0.05) is 11.8 Å². The summed E-state index contributed by atoms with van der Waals surface area (Å²) in [7, 11) is -3.86. The Labute approximate surface area is 143 Å². The Balaban J connectivity index is 2.04.